The summed E-state index contributed by atoms with van der Waals surface area (Å²) in [4.78, 5) is 16.5. The first-order valence-corrected chi connectivity index (χ1v) is 10.0. The Kier molecular flexibility index (Phi) is 5.68. The van der Waals surface area contributed by atoms with Crippen molar-refractivity contribution in [2.75, 3.05) is 6.61 Å². The quantitative estimate of drug-likeness (QED) is 0.448. The molecule has 0 amide bonds. The third kappa shape index (κ3) is 4.00. The molecule has 4 aromatic rings. The van der Waals surface area contributed by atoms with Crippen molar-refractivity contribution in [2.24, 2.45) is 0 Å². The van der Waals surface area contributed by atoms with E-state index in [-0.39, 0.29) is 6.42 Å². The predicted molar refractivity (Wildman–Crippen MR) is 118 cm³/mol. The molecule has 1 heterocycles. The van der Waals surface area contributed by atoms with E-state index in [4.69, 9.17) is 21.3 Å². The Morgan fingerprint density at radius 3 is 2.40 bits per heavy atom. The smallest absolute Gasteiger partial charge is 0.119 e. The summed E-state index contributed by atoms with van der Waals surface area (Å²) in [6.07, 6.45) is -0.262. The number of carboxylic acids is 1. The number of aliphatic carboxylic acids is 1. The van der Waals surface area contributed by atoms with E-state index in [9.17, 15) is 9.90 Å². The Morgan fingerprint density at radius 2 is 1.73 bits per heavy atom. The van der Waals surface area contributed by atoms with Gasteiger partial charge in [-0.05, 0) is 66.1 Å². The second-order valence-corrected chi connectivity index (χ2v) is 7.28. The molecule has 0 saturated carbocycles. The summed E-state index contributed by atoms with van der Waals surface area (Å²) >= 11 is 6.27. The van der Waals surface area contributed by atoms with Crippen molar-refractivity contribution in [3.05, 3.63) is 83.4 Å². The number of aromatic nitrogens is 1. The molecule has 5 heteroatoms. The number of halogens is 1. The average Bonchev–Trinajstić information content (AvgIpc) is 2.74. The van der Waals surface area contributed by atoms with E-state index < -0.39 is 5.97 Å². The van der Waals surface area contributed by atoms with Gasteiger partial charge in [-0.15, -0.1) is 0 Å². The van der Waals surface area contributed by atoms with Gasteiger partial charge in [0.1, 0.15) is 5.75 Å². The summed E-state index contributed by atoms with van der Waals surface area (Å²) in [7, 11) is 0. The first kappa shape index (κ1) is 19.9. The van der Waals surface area contributed by atoms with Gasteiger partial charge in [0.2, 0.25) is 0 Å². The molecule has 0 unspecified atom stereocenters. The largest absolute Gasteiger partial charge is 0.550 e. The van der Waals surface area contributed by atoms with Gasteiger partial charge in [-0.3, -0.25) is 0 Å². The summed E-state index contributed by atoms with van der Waals surface area (Å²) in [5.41, 5.74) is 4.45. The minimum absolute atomic E-state index is 0.262. The molecule has 4 rings (SSSR count). The molecule has 0 aliphatic rings. The molecular formula is C25H19ClNO3-. The summed E-state index contributed by atoms with van der Waals surface area (Å²) in [5, 5.41) is 13.1. The van der Waals surface area contributed by atoms with Gasteiger partial charge in [-0.1, -0.05) is 41.9 Å². The SMILES string of the molecule is CCOc1ccc(-c2nc3ccc(Cl)cc3c(-c3ccccc3)c2CC(=O)[O-])cc1. The maximum atomic E-state index is 11.7. The van der Waals surface area contributed by atoms with Gasteiger partial charge in [0.05, 0.1) is 17.8 Å². The van der Waals surface area contributed by atoms with Crippen LogP contribution in [-0.4, -0.2) is 17.6 Å². The normalized spacial score (nSPS) is 10.9. The van der Waals surface area contributed by atoms with Gasteiger partial charge in [0.25, 0.3) is 0 Å². The van der Waals surface area contributed by atoms with Crippen molar-refractivity contribution in [3.63, 3.8) is 0 Å². The number of rotatable bonds is 6. The van der Waals surface area contributed by atoms with E-state index in [2.05, 4.69) is 0 Å². The van der Waals surface area contributed by atoms with Gasteiger partial charge in [0, 0.05) is 28.4 Å². The second-order valence-electron chi connectivity index (χ2n) is 6.85. The number of carbonyl (C=O) groups excluding carboxylic acids is 1. The number of benzene rings is 3. The highest BCUT2D eigenvalue weighted by Gasteiger charge is 2.18. The van der Waals surface area contributed by atoms with Crippen molar-refractivity contribution < 1.29 is 14.6 Å². The highest BCUT2D eigenvalue weighted by atomic mass is 35.5. The van der Waals surface area contributed by atoms with Gasteiger partial charge in [0.15, 0.2) is 0 Å². The van der Waals surface area contributed by atoms with Gasteiger partial charge < -0.3 is 14.6 Å². The monoisotopic (exact) mass is 416 g/mol. The number of pyridine rings is 1. The number of ether oxygens (including phenoxy) is 1. The summed E-state index contributed by atoms with van der Waals surface area (Å²) < 4.78 is 5.53. The Morgan fingerprint density at radius 1 is 1.00 bits per heavy atom. The van der Waals surface area contributed by atoms with Crippen LogP contribution in [0.15, 0.2) is 72.8 Å². The van der Waals surface area contributed by atoms with Crippen molar-refractivity contribution >= 4 is 28.5 Å². The van der Waals surface area contributed by atoms with Crippen LogP contribution in [0.1, 0.15) is 12.5 Å². The van der Waals surface area contributed by atoms with Crippen LogP contribution >= 0.6 is 11.6 Å². The molecule has 0 bridgehead atoms. The standard InChI is InChI=1S/C25H20ClNO3/c1-2-30-19-11-8-17(9-12-19)25-21(15-23(28)29)24(16-6-4-3-5-7-16)20-14-18(26)10-13-22(20)27-25/h3-14H,2,15H2,1H3,(H,28,29)/p-1. The molecule has 0 spiro atoms. The maximum Gasteiger partial charge on any atom is 0.119 e. The van der Waals surface area contributed by atoms with Crippen molar-refractivity contribution in [1.29, 1.82) is 0 Å². The lowest BCUT2D eigenvalue weighted by atomic mass is 9.90. The van der Waals surface area contributed by atoms with Gasteiger partial charge in [-0.2, -0.15) is 0 Å². The Bertz CT molecular complexity index is 1200. The molecule has 0 radical (unpaired) electrons. The fourth-order valence-corrected chi connectivity index (χ4v) is 3.81. The average molecular weight is 417 g/mol. The lowest BCUT2D eigenvalue weighted by Crippen LogP contribution is -2.25. The van der Waals surface area contributed by atoms with Crippen LogP contribution in [-0.2, 0) is 11.2 Å². The zero-order chi connectivity index (χ0) is 21.1. The lowest BCUT2D eigenvalue weighted by Gasteiger charge is -2.19. The Hall–Kier alpha value is -3.37. The first-order chi connectivity index (χ1) is 14.6. The summed E-state index contributed by atoms with van der Waals surface area (Å²) in [5.74, 6) is -0.416. The topological polar surface area (TPSA) is 62.2 Å². The Balaban J connectivity index is 2.04. The number of hydrogen-bond donors (Lipinski definition) is 0. The number of fused-ring (bicyclic) bond motifs is 1. The van der Waals surface area contributed by atoms with Crippen molar-refractivity contribution in [2.45, 2.75) is 13.3 Å². The molecule has 0 atom stereocenters. The molecule has 150 valence electrons. The van der Waals surface area contributed by atoms with E-state index in [0.29, 0.717) is 22.9 Å². The predicted octanol–water partition coefficient (Wildman–Crippen LogP) is 4.91. The molecule has 0 fully saturated rings. The fourth-order valence-electron chi connectivity index (χ4n) is 3.64. The highest BCUT2D eigenvalue weighted by Crippen LogP contribution is 2.38. The second kappa shape index (κ2) is 8.56. The van der Waals surface area contributed by atoms with Crippen LogP contribution in [0.5, 0.6) is 5.75 Å². The highest BCUT2D eigenvalue weighted by molar-refractivity contribution is 6.31. The van der Waals surface area contributed by atoms with E-state index in [1.807, 2.05) is 73.7 Å². The van der Waals surface area contributed by atoms with Crippen molar-refractivity contribution in [1.82, 2.24) is 4.98 Å². The number of carbonyl (C=O) groups is 1. The molecule has 0 aliphatic heterocycles. The zero-order valence-electron chi connectivity index (χ0n) is 16.4. The number of hydrogen-bond acceptors (Lipinski definition) is 4. The minimum atomic E-state index is -1.16. The van der Waals surface area contributed by atoms with E-state index >= 15 is 0 Å². The fraction of sp³-hybridized carbons (Fsp3) is 0.120. The molecule has 4 nitrogen and oxygen atoms in total. The third-order valence-corrected chi connectivity index (χ3v) is 5.11. The molecule has 3 aromatic carbocycles. The molecule has 30 heavy (non-hydrogen) atoms. The molecule has 1 aromatic heterocycles. The van der Waals surface area contributed by atoms with Crippen LogP contribution in [0.4, 0.5) is 0 Å². The van der Waals surface area contributed by atoms with Gasteiger partial charge in [-0.25, -0.2) is 4.98 Å². The Labute approximate surface area is 179 Å². The van der Waals surface area contributed by atoms with Gasteiger partial charge >= 0.3 is 0 Å². The molecule has 0 saturated heterocycles. The zero-order valence-corrected chi connectivity index (χ0v) is 17.1. The van der Waals surface area contributed by atoms with Crippen LogP contribution in [0, 0.1) is 0 Å². The first-order valence-electron chi connectivity index (χ1n) is 9.67. The lowest BCUT2D eigenvalue weighted by molar-refractivity contribution is -0.304. The molecule has 0 N–H and O–H groups in total. The van der Waals surface area contributed by atoms with E-state index in [0.717, 1.165) is 33.3 Å². The number of nitrogens with zero attached hydrogens (tertiary/aromatic N) is 1. The summed E-state index contributed by atoms with van der Waals surface area (Å²) in [6.45, 7) is 2.50. The summed E-state index contributed by atoms with van der Waals surface area (Å²) in [6, 6.07) is 22.6. The minimum Gasteiger partial charge on any atom is -0.550 e. The molecular weight excluding hydrogens is 398 g/mol. The van der Waals surface area contributed by atoms with Crippen LogP contribution < -0.4 is 9.84 Å². The van der Waals surface area contributed by atoms with Crippen LogP contribution in [0.3, 0.4) is 0 Å². The maximum absolute atomic E-state index is 11.7. The van der Waals surface area contributed by atoms with Crippen molar-refractivity contribution in [3.8, 4) is 28.1 Å². The van der Waals surface area contributed by atoms with E-state index in [1.165, 1.54) is 0 Å². The van der Waals surface area contributed by atoms with Crippen LogP contribution in [0.25, 0.3) is 33.3 Å². The van der Waals surface area contributed by atoms with E-state index in [1.54, 1.807) is 6.07 Å². The van der Waals surface area contributed by atoms with Crippen LogP contribution in [0.2, 0.25) is 5.02 Å². The number of carboxylic acid groups (broad SMARTS) is 1. The third-order valence-electron chi connectivity index (χ3n) is 4.87. The molecule has 0 aliphatic carbocycles.